The van der Waals surface area contributed by atoms with E-state index in [9.17, 15) is 18.0 Å². The van der Waals surface area contributed by atoms with Crippen molar-refractivity contribution in [2.45, 2.75) is 62.7 Å². The highest BCUT2D eigenvalue weighted by molar-refractivity contribution is 5.91. The average Bonchev–Trinajstić information content (AvgIpc) is 3.42. The van der Waals surface area contributed by atoms with Crippen molar-refractivity contribution < 1.29 is 13.2 Å². The van der Waals surface area contributed by atoms with Crippen LogP contribution in [-0.4, -0.2) is 27.5 Å². The summed E-state index contributed by atoms with van der Waals surface area (Å²) in [6, 6.07) is 8.32. The second-order valence-corrected chi connectivity index (χ2v) is 8.79. The lowest BCUT2D eigenvalue weighted by atomic mass is 9.87. The van der Waals surface area contributed by atoms with Gasteiger partial charge in [-0.1, -0.05) is 31.4 Å². The molecule has 1 atom stereocenters. The second-order valence-electron chi connectivity index (χ2n) is 8.79. The molecule has 6 nitrogen and oxygen atoms in total. The van der Waals surface area contributed by atoms with Gasteiger partial charge in [-0.2, -0.15) is 18.3 Å². The Morgan fingerprint density at radius 3 is 2.47 bits per heavy atom. The van der Waals surface area contributed by atoms with Gasteiger partial charge in [0.25, 0.3) is 5.56 Å². The maximum atomic E-state index is 13.8. The van der Waals surface area contributed by atoms with Gasteiger partial charge in [0, 0.05) is 11.9 Å². The normalized spacial score (nSPS) is 22.5. The number of benzene rings is 1. The third-order valence-corrected chi connectivity index (χ3v) is 6.83. The number of H-pyrrole nitrogens is 1. The topological polar surface area (TPSA) is 74.7 Å². The molecule has 1 unspecified atom stereocenters. The molecular formula is C23H26F3N5O. The van der Waals surface area contributed by atoms with Gasteiger partial charge in [0.05, 0.1) is 11.6 Å². The molecule has 5 rings (SSSR count). The number of pyridine rings is 1. The third kappa shape index (κ3) is 3.48. The molecule has 0 amide bonds. The maximum absolute atomic E-state index is 13.8. The molecule has 3 aromatic rings. The first-order valence-corrected chi connectivity index (χ1v) is 11.2. The number of nitrogens with zero attached hydrogens (tertiary/aromatic N) is 2. The van der Waals surface area contributed by atoms with E-state index in [2.05, 4.69) is 15.6 Å². The Balaban J connectivity index is 1.48. The number of aromatic amines is 1. The van der Waals surface area contributed by atoms with Crippen molar-refractivity contribution in [1.29, 1.82) is 0 Å². The number of aromatic nitrogens is 3. The molecule has 9 heteroatoms. The van der Waals surface area contributed by atoms with E-state index >= 15 is 0 Å². The van der Waals surface area contributed by atoms with Gasteiger partial charge in [0.1, 0.15) is 10.9 Å². The number of rotatable bonds is 4. The Labute approximate surface area is 183 Å². The summed E-state index contributed by atoms with van der Waals surface area (Å²) in [5.74, 6) is 0.421. The largest absolute Gasteiger partial charge is 0.410 e. The molecule has 3 N–H and O–H groups in total. The first-order valence-electron chi connectivity index (χ1n) is 11.2. The number of hydrogen-bond acceptors (Lipinski definition) is 4. The van der Waals surface area contributed by atoms with Gasteiger partial charge in [-0.25, -0.2) is 0 Å². The molecule has 0 spiro atoms. The van der Waals surface area contributed by atoms with Crippen LogP contribution in [0.2, 0.25) is 0 Å². The van der Waals surface area contributed by atoms with Crippen molar-refractivity contribution in [1.82, 2.24) is 20.1 Å². The van der Waals surface area contributed by atoms with E-state index < -0.39 is 11.7 Å². The van der Waals surface area contributed by atoms with Gasteiger partial charge >= 0.3 is 6.18 Å². The molecule has 170 valence electrons. The lowest BCUT2D eigenvalue weighted by Gasteiger charge is -2.32. The molecule has 1 aliphatic heterocycles. The number of nitrogens with one attached hydrogen (secondary N) is 3. The standard InChI is InChI=1S/C23H26F3N5O/c24-23(25,26)22(12-4-13-28-22)15-7-9-16(10-8-15)29-20-19-18(11-14-27-21(19)32)31(30-20)17-5-2-1-3-6-17/h7-11,14,17,28H,1-6,12-13H2,(H,27,32)(H,29,30). The molecule has 0 radical (unpaired) electrons. The molecule has 2 aliphatic rings. The van der Waals surface area contributed by atoms with Gasteiger partial charge in [0.15, 0.2) is 5.82 Å². The Bertz CT molecular complexity index is 1150. The van der Waals surface area contributed by atoms with Crippen molar-refractivity contribution in [2.24, 2.45) is 0 Å². The van der Waals surface area contributed by atoms with Crippen LogP contribution in [0.4, 0.5) is 24.7 Å². The van der Waals surface area contributed by atoms with Crippen molar-refractivity contribution in [3.8, 4) is 0 Å². The second kappa shape index (κ2) is 7.95. The van der Waals surface area contributed by atoms with Crippen LogP contribution in [-0.2, 0) is 5.54 Å². The van der Waals surface area contributed by atoms with Crippen molar-refractivity contribution in [3.63, 3.8) is 0 Å². The van der Waals surface area contributed by atoms with Crippen molar-refractivity contribution >= 4 is 22.4 Å². The zero-order chi connectivity index (χ0) is 22.3. The lowest BCUT2D eigenvalue weighted by Crippen LogP contribution is -2.49. The molecular weight excluding hydrogens is 419 g/mol. The van der Waals surface area contributed by atoms with E-state index in [1.165, 1.54) is 18.6 Å². The highest BCUT2D eigenvalue weighted by Gasteiger charge is 2.57. The van der Waals surface area contributed by atoms with E-state index in [4.69, 9.17) is 5.10 Å². The minimum atomic E-state index is -4.37. The van der Waals surface area contributed by atoms with Crippen LogP contribution < -0.4 is 16.2 Å². The predicted octanol–water partition coefficient (Wildman–Crippen LogP) is 5.11. The smallest absolute Gasteiger partial charge is 0.338 e. The summed E-state index contributed by atoms with van der Waals surface area (Å²) in [6.07, 6.45) is 3.26. The first-order chi connectivity index (χ1) is 15.4. The third-order valence-electron chi connectivity index (χ3n) is 6.83. The summed E-state index contributed by atoms with van der Waals surface area (Å²) in [4.78, 5) is 15.3. The van der Waals surface area contributed by atoms with Crippen LogP contribution in [0.1, 0.15) is 56.6 Å². The van der Waals surface area contributed by atoms with Gasteiger partial charge in [0.2, 0.25) is 0 Å². The van der Waals surface area contributed by atoms with Crippen LogP contribution in [0.25, 0.3) is 10.9 Å². The Hall–Kier alpha value is -2.81. The fourth-order valence-electron chi connectivity index (χ4n) is 5.16. The summed E-state index contributed by atoms with van der Waals surface area (Å²) in [5.41, 5.74) is -0.690. The quantitative estimate of drug-likeness (QED) is 0.522. The minimum absolute atomic E-state index is 0.0229. The zero-order valence-corrected chi connectivity index (χ0v) is 17.6. The number of hydrogen-bond donors (Lipinski definition) is 3. The number of alkyl halides is 3. The van der Waals surface area contributed by atoms with E-state index in [0.29, 0.717) is 29.9 Å². The Morgan fingerprint density at radius 1 is 1.06 bits per heavy atom. The molecule has 2 aromatic heterocycles. The molecule has 1 aliphatic carbocycles. The summed E-state index contributed by atoms with van der Waals surface area (Å²) in [6.45, 7) is 0.340. The monoisotopic (exact) mass is 445 g/mol. The summed E-state index contributed by atoms with van der Waals surface area (Å²) in [7, 11) is 0. The van der Waals surface area contributed by atoms with E-state index in [-0.39, 0.29) is 23.6 Å². The number of halogens is 3. The first kappa shape index (κ1) is 21.1. The van der Waals surface area contributed by atoms with Crippen LogP contribution >= 0.6 is 0 Å². The molecule has 1 saturated heterocycles. The van der Waals surface area contributed by atoms with Gasteiger partial charge in [-0.05, 0) is 56.0 Å². The maximum Gasteiger partial charge on any atom is 0.410 e. The highest BCUT2D eigenvalue weighted by Crippen LogP contribution is 2.45. The van der Waals surface area contributed by atoms with Crippen LogP contribution in [0.15, 0.2) is 41.3 Å². The highest BCUT2D eigenvalue weighted by atomic mass is 19.4. The van der Waals surface area contributed by atoms with Gasteiger partial charge < -0.3 is 10.3 Å². The van der Waals surface area contributed by atoms with Crippen molar-refractivity contribution in [2.75, 3.05) is 11.9 Å². The number of fused-ring (bicyclic) bond motifs is 1. The lowest BCUT2D eigenvalue weighted by molar-refractivity contribution is -0.196. The Morgan fingerprint density at radius 2 is 1.81 bits per heavy atom. The van der Waals surface area contributed by atoms with Gasteiger partial charge in [-0.3, -0.25) is 14.8 Å². The zero-order valence-electron chi connectivity index (χ0n) is 17.6. The van der Waals surface area contributed by atoms with Crippen LogP contribution in [0.3, 0.4) is 0 Å². The predicted molar refractivity (Wildman–Crippen MR) is 117 cm³/mol. The van der Waals surface area contributed by atoms with E-state index in [0.717, 1.165) is 31.2 Å². The molecule has 32 heavy (non-hydrogen) atoms. The Kier molecular flexibility index (Phi) is 5.23. The van der Waals surface area contributed by atoms with Crippen molar-refractivity contribution in [3.05, 3.63) is 52.4 Å². The average molecular weight is 445 g/mol. The summed E-state index contributed by atoms with van der Waals surface area (Å²) in [5, 5.41) is 11.0. The molecule has 1 aromatic carbocycles. The van der Waals surface area contributed by atoms with Crippen LogP contribution in [0, 0.1) is 0 Å². The van der Waals surface area contributed by atoms with E-state index in [1.54, 1.807) is 18.3 Å². The molecule has 2 fully saturated rings. The van der Waals surface area contributed by atoms with Crippen LogP contribution in [0.5, 0.6) is 0 Å². The molecule has 3 heterocycles. The summed E-state index contributed by atoms with van der Waals surface area (Å²) < 4.78 is 43.4. The van der Waals surface area contributed by atoms with Gasteiger partial charge in [-0.15, -0.1) is 0 Å². The number of anilines is 2. The fourth-order valence-corrected chi connectivity index (χ4v) is 5.16. The van der Waals surface area contributed by atoms with E-state index in [1.807, 2.05) is 10.7 Å². The minimum Gasteiger partial charge on any atom is -0.338 e. The SMILES string of the molecule is O=c1[nH]ccc2c1c(Nc1ccc(C3(C(F)(F)F)CCCN3)cc1)nn2C1CCCCC1. The summed E-state index contributed by atoms with van der Waals surface area (Å²) >= 11 is 0. The fraction of sp³-hybridized carbons (Fsp3) is 0.478. The molecule has 1 saturated carbocycles. The molecule has 0 bridgehead atoms.